The number of hydrogen-bond acceptors (Lipinski definition) is 3. The molecule has 1 aromatic rings. The fourth-order valence-electron chi connectivity index (χ4n) is 1.66. The fraction of sp³-hybridized carbons (Fsp3) is 0.636. The second kappa shape index (κ2) is 4.25. The zero-order valence-electron chi connectivity index (χ0n) is 9.60. The fourth-order valence-corrected chi connectivity index (χ4v) is 1.66. The van der Waals surface area contributed by atoms with E-state index in [9.17, 15) is 9.90 Å². The van der Waals surface area contributed by atoms with Gasteiger partial charge in [-0.15, -0.1) is 0 Å². The molecule has 1 unspecified atom stereocenters. The molecule has 1 aromatic heterocycles. The number of carbonyl (C=O) groups is 1. The van der Waals surface area contributed by atoms with E-state index in [0.717, 1.165) is 18.5 Å². The molecular weight excluding hydrogens is 206 g/mol. The molecule has 1 aliphatic carbocycles. The first-order valence-electron chi connectivity index (χ1n) is 5.54. The standard InChI is InChI=1S/C11H17N3O2/c1-7-9(5-13-14(7)2)11(16)12-6-10(15)8-3-4-8/h5,8,10,15H,3-4,6H2,1-2H3,(H,12,16). The number of aromatic nitrogens is 2. The monoisotopic (exact) mass is 223 g/mol. The molecule has 1 amide bonds. The summed E-state index contributed by atoms with van der Waals surface area (Å²) in [5, 5.41) is 16.4. The molecule has 5 nitrogen and oxygen atoms in total. The average Bonchev–Trinajstić information content (AvgIpc) is 3.04. The Bertz CT molecular complexity index is 396. The van der Waals surface area contributed by atoms with Crippen molar-refractivity contribution >= 4 is 5.91 Å². The molecule has 88 valence electrons. The molecule has 16 heavy (non-hydrogen) atoms. The molecule has 0 aromatic carbocycles. The van der Waals surface area contributed by atoms with E-state index in [-0.39, 0.29) is 5.91 Å². The average molecular weight is 223 g/mol. The molecule has 1 atom stereocenters. The first-order valence-corrected chi connectivity index (χ1v) is 5.54. The van der Waals surface area contributed by atoms with Crippen molar-refractivity contribution in [2.45, 2.75) is 25.9 Å². The maximum Gasteiger partial charge on any atom is 0.254 e. The molecule has 0 saturated heterocycles. The minimum Gasteiger partial charge on any atom is -0.391 e. The summed E-state index contributed by atoms with van der Waals surface area (Å²) in [6, 6.07) is 0. The molecule has 2 rings (SSSR count). The molecular formula is C11H17N3O2. The van der Waals surface area contributed by atoms with Gasteiger partial charge in [-0.1, -0.05) is 0 Å². The second-order valence-corrected chi connectivity index (χ2v) is 4.38. The molecule has 0 radical (unpaired) electrons. The van der Waals surface area contributed by atoms with Gasteiger partial charge in [0.25, 0.3) is 5.91 Å². The smallest absolute Gasteiger partial charge is 0.254 e. The first-order chi connectivity index (χ1) is 7.59. The van der Waals surface area contributed by atoms with Crippen LogP contribution in [-0.2, 0) is 7.05 Å². The Morgan fingerprint density at radius 1 is 1.75 bits per heavy atom. The van der Waals surface area contributed by atoms with Gasteiger partial charge in [0, 0.05) is 19.3 Å². The number of aliphatic hydroxyl groups is 1. The van der Waals surface area contributed by atoms with E-state index in [1.165, 1.54) is 0 Å². The number of nitrogens with zero attached hydrogens (tertiary/aromatic N) is 2. The van der Waals surface area contributed by atoms with E-state index >= 15 is 0 Å². The van der Waals surface area contributed by atoms with Crippen LogP contribution in [0.4, 0.5) is 0 Å². The van der Waals surface area contributed by atoms with Crippen molar-refractivity contribution in [3.63, 3.8) is 0 Å². The molecule has 1 saturated carbocycles. The number of carbonyl (C=O) groups excluding carboxylic acids is 1. The zero-order chi connectivity index (χ0) is 11.7. The van der Waals surface area contributed by atoms with Crippen molar-refractivity contribution < 1.29 is 9.90 Å². The van der Waals surface area contributed by atoms with E-state index in [0.29, 0.717) is 18.0 Å². The van der Waals surface area contributed by atoms with Gasteiger partial charge in [0.15, 0.2) is 0 Å². The maximum absolute atomic E-state index is 11.8. The Labute approximate surface area is 94.5 Å². The molecule has 0 spiro atoms. The van der Waals surface area contributed by atoms with Crippen molar-refractivity contribution in [2.75, 3.05) is 6.54 Å². The predicted molar refractivity (Wildman–Crippen MR) is 59.0 cm³/mol. The van der Waals surface area contributed by atoms with Crippen LogP contribution in [0.15, 0.2) is 6.20 Å². The van der Waals surface area contributed by atoms with Crippen molar-refractivity contribution in [1.29, 1.82) is 0 Å². The van der Waals surface area contributed by atoms with E-state index in [1.807, 2.05) is 6.92 Å². The van der Waals surface area contributed by atoms with Crippen LogP contribution in [0, 0.1) is 12.8 Å². The summed E-state index contributed by atoms with van der Waals surface area (Å²) in [7, 11) is 1.80. The van der Waals surface area contributed by atoms with Crippen LogP contribution >= 0.6 is 0 Å². The number of aryl methyl sites for hydroxylation is 1. The summed E-state index contributed by atoms with van der Waals surface area (Å²) >= 11 is 0. The van der Waals surface area contributed by atoms with Crippen molar-refractivity contribution in [3.8, 4) is 0 Å². The largest absolute Gasteiger partial charge is 0.391 e. The Hall–Kier alpha value is -1.36. The third kappa shape index (κ3) is 2.24. The number of hydrogen-bond donors (Lipinski definition) is 2. The molecule has 1 aliphatic rings. The van der Waals surface area contributed by atoms with Gasteiger partial charge in [-0.2, -0.15) is 5.10 Å². The lowest BCUT2D eigenvalue weighted by atomic mass is 10.2. The Kier molecular flexibility index (Phi) is 2.96. The summed E-state index contributed by atoms with van der Waals surface area (Å²) in [6.45, 7) is 2.18. The topological polar surface area (TPSA) is 67.2 Å². The van der Waals surface area contributed by atoms with E-state index in [1.54, 1.807) is 17.9 Å². The third-order valence-corrected chi connectivity index (χ3v) is 3.12. The van der Waals surface area contributed by atoms with Crippen molar-refractivity contribution in [2.24, 2.45) is 13.0 Å². The van der Waals surface area contributed by atoms with Crippen LogP contribution in [0.3, 0.4) is 0 Å². The minimum absolute atomic E-state index is 0.162. The predicted octanol–water partition coefficient (Wildman–Crippen LogP) is 0.229. The lowest BCUT2D eigenvalue weighted by Gasteiger charge is -2.10. The Morgan fingerprint density at radius 3 is 2.94 bits per heavy atom. The number of aliphatic hydroxyl groups excluding tert-OH is 1. The SMILES string of the molecule is Cc1c(C(=O)NCC(O)C2CC2)cnn1C. The highest BCUT2D eigenvalue weighted by Crippen LogP contribution is 2.32. The van der Waals surface area contributed by atoms with Gasteiger partial charge in [-0.05, 0) is 25.7 Å². The van der Waals surface area contributed by atoms with Crippen LogP contribution in [0.2, 0.25) is 0 Å². The number of nitrogens with one attached hydrogen (secondary N) is 1. The van der Waals surface area contributed by atoms with Gasteiger partial charge >= 0.3 is 0 Å². The minimum atomic E-state index is -0.402. The zero-order valence-corrected chi connectivity index (χ0v) is 9.60. The van der Waals surface area contributed by atoms with E-state index in [4.69, 9.17) is 0 Å². The highest BCUT2D eigenvalue weighted by molar-refractivity contribution is 5.95. The van der Waals surface area contributed by atoms with E-state index < -0.39 is 6.10 Å². The summed E-state index contributed by atoms with van der Waals surface area (Å²) in [4.78, 5) is 11.8. The quantitative estimate of drug-likeness (QED) is 0.767. The van der Waals surface area contributed by atoms with Crippen molar-refractivity contribution in [3.05, 3.63) is 17.5 Å². The van der Waals surface area contributed by atoms with Gasteiger partial charge < -0.3 is 10.4 Å². The molecule has 2 N–H and O–H groups in total. The van der Waals surface area contributed by atoms with Gasteiger partial charge in [0.05, 0.1) is 17.9 Å². The van der Waals surface area contributed by atoms with Gasteiger partial charge in [-0.3, -0.25) is 9.48 Å². The van der Waals surface area contributed by atoms with Gasteiger partial charge in [0.1, 0.15) is 0 Å². The maximum atomic E-state index is 11.8. The lowest BCUT2D eigenvalue weighted by Crippen LogP contribution is -2.33. The highest BCUT2D eigenvalue weighted by atomic mass is 16.3. The molecule has 0 bridgehead atoms. The third-order valence-electron chi connectivity index (χ3n) is 3.12. The molecule has 1 heterocycles. The lowest BCUT2D eigenvalue weighted by molar-refractivity contribution is 0.0900. The Balaban J connectivity index is 1.90. The normalized spacial score (nSPS) is 17.2. The van der Waals surface area contributed by atoms with Crippen LogP contribution in [0.25, 0.3) is 0 Å². The summed E-state index contributed by atoms with van der Waals surface area (Å²) in [5.74, 6) is 0.223. The summed E-state index contributed by atoms with van der Waals surface area (Å²) in [6.07, 6.45) is 3.29. The van der Waals surface area contributed by atoms with Crippen LogP contribution in [0.1, 0.15) is 28.9 Å². The first kappa shape index (κ1) is 11.1. The Morgan fingerprint density at radius 2 is 2.44 bits per heavy atom. The highest BCUT2D eigenvalue weighted by Gasteiger charge is 2.29. The second-order valence-electron chi connectivity index (χ2n) is 4.38. The molecule has 5 heteroatoms. The molecule has 1 fully saturated rings. The van der Waals surface area contributed by atoms with Crippen LogP contribution < -0.4 is 5.32 Å². The van der Waals surface area contributed by atoms with Crippen molar-refractivity contribution in [1.82, 2.24) is 15.1 Å². The van der Waals surface area contributed by atoms with Gasteiger partial charge in [-0.25, -0.2) is 0 Å². The summed E-state index contributed by atoms with van der Waals surface area (Å²) < 4.78 is 1.66. The van der Waals surface area contributed by atoms with E-state index in [2.05, 4.69) is 10.4 Å². The van der Waals surface area contributed by atoms with Crippen LogP contribution in [-0.4, -0.2) is 33.4 Å². The number of rotatable bonds is 4. The van der Waals surface area contributed by atoms with Crippen LogP contribution in [0.5, 0.6) is 0 Å². The number of amides is 1. The van der Waals surface area contributed by atoms with Gasteiger partial charge in [0.2, 0.25) is 0 Å². The molecule has 0 aliphatic heterocycles. The summed E-state index contributed by atoms with van der Waals surface area (Å²) in [5.41, 5.74) is 1.41.